The van der Waals surface area contributed by atoms with E-state index < -0.39 is 0 Å². The zero-order valence-electron chi connectivity index (χ0n) is 5.54. The summed E-state index contributed by atoms with van der Waals surface area (Å²) in [4.78, 5) is 14.7. The van der Waals surface area contributed by atoms with Gasteiger partial charge in [0.05, 0.1) is 0 Å². The molecular formula is C6H6IN3O. The van der Waals surface area contributed by atoms with Gasteiger partial charge in [0, 0.05) is 9.77 Å². The summed E-state index contributed by atoms with van der Waals surface area (Å²) in [5.74, 6) is 4.53. The second-order valence-corrected chi connectivity index (χ2v) is 3.08. The van der Waals surface area contributed by atoms with E-state index in [0.29, 0.717) is 5.69 Å². The molecule has 1 rings (SSSR count). The summed E-state index contributed by atoms with van der Waals surface area (Å²) < 4.78 is 0.983. The minimum absolute atomic E-state index is 0.327. The van der Waals surface area contributed by atoms with E-state index in [0.717, 1.165) is 3.57 Å². The van der Waals surface area contributed by atoms with Crippen molar-refractivity contribution in [1.82, 2.24) is 10.4 Å². The van der Waals surface area contributed by atoms with Gasteiger partial charge in [0.25, 0.3) is 5.91 Å². The smallest absolute Gasteiger partial charge is 0.283 e. The molecule has 0 atom stereocenters. The molecule has 1 amide bonds. The standard InChI is InChI=1S/C6H6IN3O/c7-4-1-2-5(9-3-4)6(11)10-8/h1-3H,8H2,(H,10,11). The van der Waals surface area contributed by atoms with Crippen LogP contribution in [0.25, 0.3) is 0 Å². The highest BCUT2D eigenvalue weighted by molar-refractivity contribution is 14.1. The molecule has 11 heavy (non-hydrogen) atoms. The fourth-order valence-electron chi connectivity index (χ4n) is 0.584. The Bertz CT molecular complexity index is 259. The van der Waals surface area contributed by atoms with Crippen LogP contribution < -0.4 is 11.3 Å². The van der Waals surface area contributed by atoms with Crippen molar-refractivity contribution >= 4 is 28.5 Å². The number of hydrazine groups is 1. The van der Waals surface area contributed by atoms with Crippen molar-refractivity contribution in [3.63, 3.8) is 0 Å². The number of hydrogen-bond acceptors (Lipinski definition) is 3. The van der Waals surface area contributed by atoms with Crippen LogP contribution in [0.5, 0.6) is 0 Å². The van der Waals surface area contributed by atoms with E-state index in [1.54, 1.807) is 18.3 Å². The number of aromatic nitrogens is 1. The van der Waals surface area contributed by atoms with Gasteiger partial charge in [0.15, 0.2) is 0 Å². The number of hydrogen-bond donors (Lipinski definition) is 2. The molecule has 1 aromatic heterocycles. The maximum absolute atomic E-state index is 10.8. The van der Waals surface area contributed by atoms with E-state index in [4.69, 9.17) is 5.84 Å². The average Bonchev–Trinajstić information content (AvgIpc) is 2.05. The number of carbonyl (C=O) groups excluding carboxylic acids is 1. The van der Waals surface area contributed by atoms with Crippen LogP contribution in [0.2, 0.25) is 0 Å². The maximum Gasteiger partial charge on any atom is 0.283 e. The molecule has 0 aliphatic rings. The number of nitrogen functional groups attached to an aromatic ring is 1. The molecule has 0 unspecified atom stereocenters. The van der Waals surface area contributed by atoms with Gasteiger partial charge in [-0.05, 0) is 34.7 Å². The van der Waals surface area contributed by atoms with Gasteiger partial charge < -0.3 is 0 Å². The van der Waals surface area contributed by atoms with Crippen LogP contribution in [-0.2, 0) is 0 Å². The molecule has 0 fully saturated rings. The Labute approximate surface area is 77.3 Å². The van der Waals surface area contributed by atoms with Gasteiger partial charge in [-0.25, -0.2) is 10.8 Å². The van der Waals surface area contributed by atoms with Crippen LogP contribution in [0.15, 0.2) is 18.3 Å². The third-order valence-electron chi connectivity index (χ3n) is 1.09. The topological polar surface area (TPSA) is 68.0 Å². The predicted molar refractivity (Wildman–Crippen MR) is 48.6 cm³/mol. The number of pyridine rings is 1. The van der Waals surface area contributed by atoms with Crippen molar-refractivity contribution in [2.45, 2.75) is 0 Å². The molecule has 58 valence electrons. The first kappa shape index (κ1) is 8.41. The minimum Gasteiger partial charge on any atom is -0.289 e. The van der Waals surface area contributed by atoms with E-state index >= 15 is 0 Å². The Morgan fingerprint density at radius 3 is 2.82 bits per heavy atom. The molecule has 1 heterocycles. The van der Waals surface area contributed by atoms with Crippen LogP contribution in [0, 0.1) is 3.57 Å². The molecule has 0 spiro atoms. The number of nitrogens with zero attached hydrogens (tertiary/aromatic N) is 1. The summed E-state index contributed by atoms with van der Waals surface area (Å²) in [7, 11) is 0. The van der Waals surface area contributed by atoms with Gasteiger partial charge in [-0.2, -0.15) is 0 Å². The van der Waals surface area contributed by atoms with Crippen LogP contribution in [0.4, 0.5) is 0 Å². The number of carbonyl (C=O) groups is 1. The zero-order valence-corrected chi connectivity index (χ0v) is 7.70. The molecule has 4 nitrogen and oxygen atoms in total. The molecule has 0 saturated heterocycles. The van der Waals surface area contributed by atoms with E-state index in [9.17, 15) is 4.79 Å². The number of nitrogens with one attached hydrogen (secondary N) is 1. The highest BCUT2D eigenvalue weighted by Crippen LogP contribution is 2.02. The SMILES string of the molecule is NNC(=O)c1ccc(I)cn1. The first-order valence-corrected chi connectivity index (χ1v) is 3.94. The van der Waals surface area contributed by atoms with Crippen LogP contribution in [-0.4, -0.2) is 10.9 Å². The van der Waals surface area contributed by atoms with E-state index in [2.05, 4.69) is 27.6 Å². The monoisotopic (exact) mass is 263 g/mol. The summed E-state index contributed by atoms with van der Waals surface area (Å²) >= 11 is 2.11. The summed E-state index contributed by atoms with van der Waals surface area (Å²) in [6.45, 7) is 0. The van der Waals surface area contributed by atoms with Crippen LogP contribution in [0.1, 0.15) is 10.5 Å². The van der Waals surface area contributed by atoms with Crippen LogP contribution in [0.3, 0.4) is 0 Å². The first-order valence-electron chi connectivity index (χ1n) is 2.86. The fourth-order valence-corrected chi connectivity index (χ4v) is 0.903. The van der Waals surface area contributed by atoms with Gasteiger partial charge >= 0.3 is 0 Å². The molecule has 0 aromatic carbocycles. The van der Waals surface area contributed by atoms with E-state index in [1.807, 2.05) is 5.43 Å². The Morgan fingerprint density at radius 1 is 1.64 bits per heavy atom. The third kappa shape index (κ3) is 2.12. The Morgan fingerprint density at radius 2 is 2.36 bits per heavy atom. The molecule has 0 saturated carbocycles. The van der Waals surface area contributed by atoms with Crippen molar-refractivity contribution in [1.29, 1.82) is 0 Å². The Hall–Kier alpha value is -0.690. The van der Waals surface area contributed by atoms with Gasteiger partial charge in [-0.15, -0.1) is 0 Å². The number of amides is 1. The van der Waals surface area contributed by atoms with E-state index in [1.165, 1.54) is 0 Å². The lowest BCUT2D eigenvalue weighted by Gasteiger charge is -1.96. The molecule has 1 aromatic rings. The van der Waals surface area contributed by atoms with Crippen molar-refractivity contribution < 1.29 is 4.79 Å². The Kier molecular flexibility index (Phi) is 2.77. The second kappa shape index (κ2) is 3.63. The number of rotatable bonds is 1. The number of halogens is 1. The first-order chi connectivity index (χ1) is 5.24. The van der Waals surface area contributed by atoms with Gasteiger partial charge in [-0.3, -0.25) is 10.2 Å². The average molecular weight is 263 g/mol. The molecule has 3 N–H and O–H groups in total. The zero-order chi connectivity index (χ0) is 8.27. The maximum atomic E-state index is 10.8. The quantitative estimate of drug-likeness (QED) is 0.331. The molecule has 0 aliphatic carbocycles. The predicted octanol–water partition coefficient (Wildman–Crippen LogP) is 0.290. The lowest BCUT2D eigenvalue weighted by molar-refractivity contribution is 0.0948. The molecule has 0 radical (unpaired) electrons. The lowest BCUT2D eigenvalue weighted by Crippen LogP contribution is -2.30. The normalized spacial score (nSPS) is 9.27. The van der Waals surface area contributed by atoms with Crippen molar-refractivity contribution in [2.24, 2.45) is 5.84 Å². The van der Waals surface area contributed by atoms with Crippen molar-refractivity contribution in [2.75, 3.05) is 0 Å². The highest BCUT2D eigenvalue weighted by Gasteiger charge is 2.02. The second-order valence-electron chi connectivity index (χ2n) is 1.84. The van der Waals surface area contributed by atoms with Gasteiger partial charge in [-0.1, -0.05) is 0 Å². The van der Waals surface area contributed by atoms with Crippen molar-refractivity contribution in [3.05, 3.63) is 27.6 Å². The number of nitrogens with two attached hydrogens (primary N) is 1. The fraction of sp³-hybridized carbons (Fsp3) is 0. The summed E-state index contributed by atoms with van der Waals surface area (Å²) in [6.07, 6.45) is 1.60. The summed E-state index contributed by atoms with van der Waals surface area (Å²) in [5.41, 5.74) is 2.32. The molecule has 0 aliphatic heterocycles. The van der Waals surface area contributed by atoms with Crippen molar-refractivity contribution in [3.8, 4) is 0 Å². The Balaban J connectivity index is 2.90. The minimum atomic E-state index is -0.374. The third-order valence-corrected chi connectivity index (χ3v) is 1.73. The summed E-state index contributed by atoms with van der Waals surface area (Å²) in [6, 6.07) is 3.40. The van der Waals surface area contributed by atoms with Gasteiger partial charge in [0.1, 0.15) is 5.69 Å². The van der Waals surface area contributed by atoms with Gasteiger partial charge in [0.2, 0.25) is 0 Å². The summed E-state index contributed by atoms with van der Waals surface area (Å²) in [5, 5.41) is 0. The molecule has 0 bridgehead atoms. The van der Waals surface area contributed by atoms with E-state index in [-0.39, 0.29) is 5.91 Å². The lowest BCUT2D eigenvalue weighted by atomic mass is 10.3. The highest BCUT2D eigenvalue weighted by atomic mass is 127. The van der Waals surface area contributed by atoms with Crippen LogP contribution >= 0.6 is 22.6 Å². The molecule has 5 heteroatoms. The molecular weight excluding hydrogens is 257 g/mol. The largest absolute Gasteiger partial charge is 0.289 e.